The first-order chi connectivity index (χ1) is 6.45. The summed E-state index contributed by atoms with van der Waals surface area (Å²) in [7, 11) is 0. The van der Waals surface area contributed by atoms with Gasteiger partial charge in [0.15, 0.2) is 0 Å². The van der Waals surface area contributed by atoms with Crippen LogP contribution in [0.15, 0.2) is 0 Å². The summed E-state index contributed by atoms with van der Waals surface area (Å²) in [4.78, 5) is 0. The Labute approximate surface area is 87.9 Å². The van der Waals surface area contributed by atoms with Gasteiger partial charge in [0.05, 0.1) is 6.10 Å². The predicted molar refractivity (Wildman–Crippen MR) is 60.0 cm³/mol. The highest BCUT2D eigenvalue weighted by Crippen LogP contribution is 2.34. The summed E-state index contributed by atoms with van der Waals surface area (Å²) < 4.78 is 0. The van der Waals surface area contributed by atoms with Crippen LogP contribution in [0, 0.1) is 11.8 Å². The largest absolute Gasteiger partial charge is 0.393 e. The van der Waals surface area contributed by atoms with Crippen molar-refractivity contribution < 1.29 is 5.11 Å². The topological polar surface area (TPSA) is 46.2 Å². The van der Waals surface area contributed by atoms with Crippen molar-refractivity contribution in [3.8, 4) is 0 Å². The lowest BCUT2D eigenvalue weighted by atomic mass is 9.81. The maximum Gasteiger partial charge on any atom is 0.0585 e. The second kappa shape index (κ2) is 4.63. The monoisotopic (exact) mass is 199 g/mol. The van der Waals surface area contributed by atoms with E-state index in [9.17, 15) is 5.11 Å². The normalized spacial score (nSPS) is 35.4. The Kier molecular flexibility index (Phi) is 3.96. The Morgan fingerprint density at radius 3 is 2.29 bits per heavy atom. The maximum absolute atomic E-state index is 10.0. The SMILES string of the molecule is CCC1CCC(O)C(C(C)(C)N)CC1. The molecule has 84 valence electrons. The van der Waals surface area contributed by atoms with E-state index in [2.05, 4.69) is 6.92 Å². The van der Waals surface area contributed by atoms with E-state index in [0.717, 1.165) is 18.8 Å². The summed E-state index contributed by atoms with van der Waals surface area (Å²) in [5.74, 6) is 1.08. The molecule has 3 unspecified atom stereocenters. The molecule has 0 spiro atoms. The molecule has 0 aliphatic heterocycles. The molecule has 1 saturated carbocycles. The molecule has 3 atom stereocenters. The minimum atomic E-state index is -0.234. The first kappa shape index (κ1) is 12.0. The van der Waals surface area contributed by atoms with Gasteiger partial charge in [0, 0.05) is 11.5 Å². The Morgan fingerprint density at radius 2 is 1.79 bits per heavy atom. The first-order valence-electron chi connectivity index (χ1n) is 5.92. The van der Waals surface area contributed by atoms with Gasteiger partial charge >= 0.3 is 0 Å². The molecule has 3 N–H and O–H groups in total. The fraction of sp³-hybridized carbons (Fsp3) is 1.00. The van der Waals surface area contributed by atoms with Crippen LogP contribution in [0.2, 0.25) is 0 Å². The Hall–Kier alpha value is -0.0800. The molecule has 1 aliphatic rings. The summed E-state index contributed by atoms with van der Waals surface area (Å²) in [5.41, 5.74) is 5.86. The van der Waals surface area contributed by atoms with Crippen molar-refractivity contribution in [2.75, 3.05) is 0 Å². The van der Waals surface area contributed by atoms with E-state index in [1.54, 1.807) is 0 Å². The van der Waals surface area contributed by atoms with Crippen molar-refractivity contribution in [3.63, 3.8) is 0 Å². The molecular formula is C12H25NO. The van der Waals surface area contributed by atoms with Gasteiger partial charge in [0.1, 0.15) is 0 Å². The van der Waals surface area contributed by atoms with Crippen molar-refractivity contribution in [3.05, 3.63) is 0 Å². The zero-order valence-electron chi connectivity index (χ0n) is 9.79. The van der Waals surface area contributed by atoms with Gasteiger partial charge in [0.2, 0.25) is 0 Å². The number of aliphatic hydroxyl groups excluding tert-OH is 1. The molecule has 0 aromatic rings. The van der Waals surface area contributed by atoms with Crippen LogP contribution >= 0.6 is 0 Å². The van der Waals surface area contributed by atoms with Gasteiger partial charge in [-0.3, -0.25) is 0 Å². The summed E-state index contributed by atoms with van der Waals surface area (Å²) >= 11 is 0. The third-order valence-corrected chi connectivity index (χ3v) is 3.75. The van der Waals surface area contributed by atoms with Gasteiger partial charge in [0.25, 0.3) is 0 Å². The van der Waals surface area contributed by atoms with Gasteiger partial charge in [-0.1, -0.05) is 19.8 Å². The number of hydrogen-bond acceptors (Lipinski definition) is 2. The molecule has 1 fully saturated rings. The molecule has 0 heterocycles. The van der Waals surface area contributed by atoms with Crippen LogP contribution < -0.4 is 5.73 Å². The average molecular weight is 199 g/mol. The fourth-order valence-corrected chi connectivity index (χ4v) is 2.64. The zero-order chi connectivity index (χ0) is 10.8. The molecule has 1 rings (SSSR count). The predicted octanol–water partition coefficient (Wildman–Crippen LogP) is 2.30. The quantitative estimate of drug-likeness (QED) is 0.670. The molecule has 0 bridgehead atoms. The molecule has 0 radical (unpaired) electrons. The zero-order valence-corrected chi connectivity index (χ0v) is 9.79. The second-order valence-electron chi connectivity index (χ2n) is 5.42. The smallest absolute Gasteiger partial charge is 0.0585 e. The Balaban J connectivity index is 2.60. The van der Waals surface area contributed by atoms with Crippen LogP contribution in [-0.4, -0.2) is 16.7 Å². The number of nitrogens with two attached hydrogens (primary N) is 1. The first-order valence-corrected chi connectivity index (χ1v) is 5.92. The summed E-state index contributed by atoms with van der Waals surface area (Å²) in [5, 5.41) is 10.0. The van der Waals surface area contributed by atoms with Crippen LogP contribution in [0.3, 0.4) is 0 Å². The maximum atomic E-state index is 10.0. The molecule has 0 aromatic heterocycles. The van der Waals surface area contributed by atoms with Gasteiger partial charge in [-0.05, 0) is 39.0 Å². The van der Waals surface area contributed by atoms with Gasteiger partial charge in [-0.25, -0.2) is 0 Å². The van der Waals surface area contributed by atoms with Gasteiger partial charge in [-0.15, -0.1) is 0 Å². The standard InChI is InChI=1S/C12H25NO/c1-4-9-5-7-10(12(2,3)13)11(14)8-6-9/h9-11,14H,4-8,13H2,1-3H3. The Morgan fingerprint density at radius 1 is 1.21 bits per heavy atom. The molecule has 14 heavy (non-hydrogen) atoms. The third kappa shape index (κ3) is 2.96. The third-order valence-electron chi connectivity index (χ3n) is 3.75. The number of rotatable bonds is 2. The van der Waals surface area contributed by atoms with E-state index in [4.69, 9.17) is 5.73 Å². The lowest BCUT2D eigenvalue weighted by Gasteiger charge is -2.33. The van der Waals surface area contributed by atoms with Crippen LogP contribution in [0.5, 0.6) is 0 Å². The molecule has 2 nitrogen and oxygen atoms in total. The molecule has 0 aromatic carbocycles. The van der Waals surface area contributed by atoms with Crippen molar-refractivity contribution >= 4 is 0 Å². The highest BCUT2D eigenvalue weighted by molar-refractivity contribution is 4.89. The summed E-state index contributed by atoms with van der Waals surface area (Å²) in [6.45, 7) is 6.31. The van der Waals surface area contributed by atoms with E-state index < -0.39 is 0 Å². The van der Waals surface area contributed by atoms with Crippen LogP contribution in [0.4, 0.5) is 0 Å². The minimum absolute atomic E-state index is 0.188. The number of hydrogen-bond donors (Lipinski definition) is 2. The van der Waals surface area contributed by atoms with Gasteiger partial charge in [-0.2, -0.15) is 0 Å². The van der Waals surface area contributed by atoms with E-state index in [1.165, 1.54) is 19.3 Å². The minimum Gasteiger partial charge on any atom is -0.393 e. The Bertz CT molecular complexity index is 174. The highest BCUT2D eigenvalue weighted by atomic mass is 16.3. The van der Waals surface area contributed by atoms with E-state index >= 15 is 0 Å². The summed E-state index contributed by atoms with van der Waals surface area (Å²) in [6, 6.07) is 0. The molecule has 0 saturated heterocycles. The van der Waals surface area contributed by atoms with Crippen molar-refractivity contribution in [1.29, 1.82) is 0 Å². The average Bonchev–Trinajstić information content (AvgIpc) is 2.25. The second-order valence-corrected chi connectivity index (χ2v) is 5.42. The van der Waals surface area contributed by atoms with Crippen molar-refractivity contribution in [2.24, 2.45) is 17.6 Å². The van der Waals surface area contributed by atoms with Crippen molar-refractivity contribution in [1.82, 2.24) is 0 Å². The van der Waals surface area contributed by atoms with Crippen molar-refractivity contribution in [2.45, 2.75) is 64.5 Å². The fourth-order valence-electron chi connectivity index (χ4n) is 2.64. The van der Waals surface area contributed by atoms with Crippen LogP contribution in [-0.2, 0) is 0 Å². The van der Waals surface area contributed by atoms with E-state index in [-0.39, 0.29) is 17.6 Å². The number of aliphatic hydroxyl groups is 1. The van der Waals surface area contributed by atoms with E-state index in [0.29, 0.717) is 0 Å². The van der Waals surface area contributed by atoms with Crippen LogP contribution in [0.1, 0.15) is 52.9 Å². The molecule has 0 amide bonds. The van der Waals surface area contributed by atoms with Crippen LogP contribution in [0.25, 0.3) is 0 Å². The lowest BCUT2D eigenvalue weighted by Crippen LogP contribution is -2.46. The molecule has 2 heteroatoms. The summed E-state index contributed by atoms with van der Waals surface area (Å²) in [6.07, 6.45) is 5.48. The lowest BCUT2D eigenvalue weighted by molar-refractivity contribution is 0.0638. The van der Waals surface area contributed by atoms with E-state index in [1.807, 2.05) is 13.8 Å². The van der Waals surface area contributed by atoms with Gasteiger partial charge < -0.3 is 10.8 Å². The molecule has 1 aliphatic carbocycles. The molecular weight excluding hydrogens is 174 g/mol. The highest BCUT2D eigenvalue weighted by Gasteiger charge is 2.33.